The summed E-state index contributed by atoms with van der Waals surface area (Å²) < 4.78 is 5.57. The average Bonchev–Trinajstić information content (AvgIpc) is 2.41. The van der Waals surface area contributed by atoms with Crippen LogP contribution in [0.25, 0.3) is 0 Å². The molecule has 0 bridgehead atoms. The Balaban J connectivity index is 1.92. The van der Waals surface area contributed by atoms with Crippen molar-refractivity contribution in [2.24, 2.45) is 5.92 Å². The summed E-state index contributed by atoms with van der Waals surface area (Å²) in [6.45, 7) is 7.12. The van der Waals surface area contributed by atoms with Gasteiger partial charge in [-0.15, -0.1) is 0 Å². The van der Waals surface area contributed by atoms with Gasteiger partial charge >= 0.3 is 0 Å². The molecule has 1 aromatic heterocycles. The molecule has 0 aromatic carbocycles. The Kier molecular flexibility index (Phi) is 5.00. The van der Waals surface area contributed by atoms with Crippen molar-refractivity contribution in [3.8, 4) is 5.88 Å². The quantitative estimate of drug-likeness (QED) is 0.852. The molecule has 0 atom stereocenters. The van der Waals surface area contributed by atoms with Crippen molar-refractivity contribution < 1.29 is 4.74 Å². The molecule has 1 aliphatic rings. The standard InChI is InChI=1S/C14H25N5O/c1-10(2)20-14-12(15)13(17-9-18-14)16-8-11-4-6-19(3)7-5-11/h9-11H,4-8,15H2,1-3H3,(H,16,17,18). The maximum absolute atomic E-state index is 6.05. The van der Waals surface area contributed by atoms with E-state index in [9.17, 15) is 0 Å². The van der Waals surface area contributed by atoms with Crippen molar-refractivity contribution in [3.05, 3.63) is 6.33 Å². The predicted molar refractivity (Wildman–Crippen MR) is 80.9 cm³/mol. The van der Waals surface area contributed by atoms with Gasteiger partial charge in [0.2, 0.25) is 5.88 Å². The first-order valence-electron chi connectivity index (χ1n) is 7.25. The van der Waals surface area contributed by atoms with Crippen LogP contribution in [0.4, 0.5) is 11.5 Å². The Morgan fingerprint density at radius 2 is 2.10 bits per heavy atom. The number of rotatable bonds is 5. The Hall–Kier alpha value is -1.56. The van der Waals surface area contributed by atoms with Gasteiger partial charge in [0.25, 0.3) is 0 Å². The minimum absolute atomic E-state index is 0.0499. The third kappa shape index (κ3) is 3.96. The summed E-state index contributed by atoms with van der Waals surface area (Å²) in [4.78, 5) is 10.7. The van der Waals surface area contributed by atoms with Gasteiger partial charge in [0.1, 0.15) is 12.0 Å². The van der Waals surface area contributed by atoms with Gasteiger partial charge in [-0.3, -0.25) is 0 Å². The average molecular weight is 279 g/mol. The van der Waals surface area contributed by atoms with Crippen LogP contribution >= 0.6 is 0 Å². The van der Waals surface area contributed by atoms with Crippen LogP contribution < -0.4 is 15.8 Å². The van der Waals surface area contributed by atoms with Crippen molar-refractivity contribution in [1.82, 2.24) is 14.9 Å². The molecule has 6 heteroatoms. The van der Waals surface area contributed by atoms with Gasteiger partial charge < -0.3 is 20.7 Å². The minimum atomic E-state index is 0.0499. The molecule has 0 aliphatic carbocycles. The number of nitrogens with one attached hydrogen (secondary N) is 1. The van der Waals surface area contributed by atoms with E-state index in [2.05, 4.69) is 27.2 Å². The second kappa shape index (κ2) is 6.74. The van der Waals surface area contributed by atoms with E-state index in [0.29, 0.717) is 23.3 Å². The molecule has 0 saturated carbocycles. The molecule has 20 heavy (non-hydrogen) atoms. The summed E-state index contributed by atoms with van der Waals surface area (Å²) in [5.41, 5.74) is 6.54. The lowest BCUT2D eigenvalue weighted by atomic mass is 9.97. The molecule has 1 fully saturated rings. The first-order valence-corrected chi connectivity index (χ1v) is 7.25. The Bertz CT molecular complexity index is 430. The normalized spacial score (nSPS) is 17.4. The lowest BCUT2D eigenvalue weighted by molar-refractivity contribution is 0.226. The number of hydrogen-bond donors (Lipinski definition) is 2. The van der Waals surface area contributed by atoms with Crippen LogP contribution in [0.2, 0.25) is 0 Å². The summed E-state index contributed by atoms with van der Waals surface area (Å²) in [5, 5.41) is 3.34. The second-order valence-electron chi connectivity index (χ2n) is 5.74. The van der Waals surface area contributed by atoms with E-state index in [1.165, 1.54) is 19.2 Å². The molecule has 2 heterocycles. The Morgan fingerprint density at radius 1 is 1.40 bits per heavy atom. The monoisotopic (exact) mass is 279 g/mol. The SMILES string of the molecule is CC(C)Oc1ncnc(NCC2CCN(C)CC2)c1N. The molecule has 1 aliphatic heterocycles. The van der Waals surface area contributed by atoms with Crippen LogP contribution in [-0.4, -0.2) is 47.7 Å². The lowest BCUT2D eigenvalue weighted by Crippen LogP contribution is -2.33. The summed E-state index contributed by atoms with van der Waals surface area (Å²) in [6.07, 6.45) is 3.97. The number of nitrogens with two attached hydrogens (primary N) is 1. The van der Waals surface area contributed by atoms with Gasteiger partial charge in [-0.2, -0.15) is 4.98 Å². The van der Waals surface area contributed by atoms with Crippen molar-refractivity contribution >= 4 is 11.5 Å². The summed E-state index contributed by atoms with van der Waals surface area (Å²) in [7, 11) is 2.17. The fraction of sp³-hybridized carbons (Fsp3) is 0.714. The molecule has 6 nitrogen and oxygen atoms in total. The van der Waals surface area contributed by atoms with E-state index >= 15 is 0 Å². The first kappa shape index (κ1) is 14.8. The maximum atomic E-state index is 6.05. The maximum Gasteiger partial charge on any atom is 0.242 e. The Labute approximate surface area is 120 Å². The van der Waals surface area contributed by atoms with Crippen molar-refractivity contribution in [1.29, 1.82) is 0 Å². The zero-order valence-electron chi connectivity index (χ0n) is 12.6. The van der Waals surface area contributed by atoms with Crippen LogP contribution in [0.5, 0.6) is 5.88 Å². The highest BCUT2D eigenvalue weighted by Crippen LogP contribution is 2.26. The molecule has 112 valence electrons. The van der Waals surface area contributed by atoms with Gasteiger partial charge in [-0.25, -0.2) is 4.98 Å². The van der Waals surface area contributed by atoms with Crippen LogP contribution in [0.3, 0.4) is 0 Å². The smallest absolute Gasteiger partial charge is 0.242 e. The summed E-state index contributed by atoms with van der Waals surface area (Å²) in [5.74, 6) is 1.81. The van der Waals surface area contributed by atoms with Crippen molar-refractivity contribution in [2.45, 2.75) is 32.8 Å². The molecule has 0 unspecified atom stereocenters. The van der Waals surface area contributed by atoms with Crippen LogP contribution in [0.1, 0.15) is 26.7 Å². The van der Waals surface area contributed by atoms with E-state index in [4.69, 9.17) is 10.5 Å². The van der Waals surface area contributed by atoms with Gasteiger partial charge in [0, 0.05) is 6.54 Å². The number of anilines is 2. The van der Waals surface area contributed by atoms with Crippen molar-refractivity contribution in [2.75, 3.05) is 37.7 Å². The minimum Gasteiger partial charge on any atom is -0.473 e. The van der Waals surface area contributed by atoms with Crippen LogP contribution in [0, 0.1) is 5.92 Å². The van der Waals surface area contributed by atoms with Gasteiger partial charge in [0.15, 0.2) is 5.82 Å². The largest absolute Gasteiger partial charge is 0.473 e. The molecular weight excluding hydrogens is 254 g/mol. The summed E-state index contributed by atoms with van der Waals surface area (Å²) >= 11 is 0. The van der Waals surface area contributed by atoms with Crippen molar-refractivity contribution in [3.63, 3.8) is 0 Å². The first-order chi connectivity index (χ1) is 9.56. The predicted octanol–water partition coefficient (Wildman–Crippen LogP) is 1.60. The van der Waals surface area contributed by atoms with E-state index in [1.54, 1.807) is 0 Å². The van der Waals surface area contributed by atoms with Gasteiger partial charge in [0.05, 0.1) is 6.10 Å². The number of likely N-dealkylation sites (tertiary alicyclic amines) is 1. The van der Waals surface area contributed by atoms with E-state index < -0.39 is 0 Å². The zero-order chi connectivity index (χ0) is 14.5. The molecule has 3 N–H and O–H groups in total. The number of ether oxygens (including phenoxy) is 1. The molecule has 0 radical (unpaired) electrons. The van der Waals surface area contributed by atoms with Crippen LogP contribution in [-0.2, 0) is 0 Å². The lowest BCUT2D eigenvalue weighted by Gasteiger charge is -2.29. The molecular formula is C14H25N5O. The number of nitrogen functional groups attached to an aromatic ring is 1. The number of nitrogens with zero attached hydrogens (tertiary/aromatic N) is 3. The number of piperidine rings is 1. The second-order valence-corrected chi connectivity index (χ2v) is 5.74. The van der Waals surface area contributed by atoms with Gasteiger partial charge in [-0.1, -0.05) is 0 Å². The molecule has 1 aromatic rings. The highest BCUT2D eigenvalue weighted by molar-refractivity contribution is 5.66. The summed E-state index contributed by atoms with van der Waals surface area (Å²) in [6, 6.07) is 0. The van der Waals surface area contributed by atoms with E-state index in [0.717, 1.165) is 19.6 Å². The number of hydrogen-bond acceptors (Lipinski definition) is 6. The van der Waals surface area contributed by atoms with E-state index in [1.807, 2.05) is 13.8 Å². The fourth-order valence-corrected chi connectivity index (χ4v) is 2.34. The molecule has 0 amide bonds. The van der Waals surface area contributed by atoms with Gasteiger partial charge in [-0.05, 0) is 52.7 Å². The molecule has 1 saturated heterocycles. The fourth-order valence-electron chi connectivity index (χ4n) is 2.34. The third-order valence-electron chi connectivity index (χ3n) is 3.59. The molecule has 2 rings (SSSR count). The van der Waals surface area contributed by atoms with Crippen LogP contribution in [0.15, 0.2) is 6.33 Å². The van der Waals surface area contributed by atoms with E-state index in [-0.39, 0.29) is 6.10 Å². The highest BCUT2D eigenvalue weighted by atomic mass is 16.5. The zero-order valence-corrected chi connectivity index (χ0v) is 12.6. The number of aromatic nitrogens is 2. The highest BCUT2D eigenvalue weighted by Gasteiger charge is 2.17. The topological polar surface area (TPSA) is 76.3 Å². The third-order valence-corrected chi connectivity index (χ3v) is 3.59. The molecule has 0 spiro atoms. The Morgan fingerprint density at radius 3 is 2.75 bits per heavy atom.